The number of benzene rings is 1. The molecule has 2 aliphatic rings. The molecule has 2 saturated heterocycles. The summed E-state index contributed by atoms with van der Waals surface area (Å²) in [5.74, 6) is 0. The predicted molar refractivity (Wildman–Crippen MR) is 74.9 cm³/mol. The van der Waals surface area contributed by atoms with Gasteiger partial charge in [-0.3, -0.25) is 4.90 Å². The molecule has 3 heteroatoms. The molecule has 0 aromatic heterocycles. The average Bonchev–Trinajstić information content (AvgIpc) is 2.43. The summed E-state index contributed by atoms with van der Waals surface area (Å²) in [6.07, 6.45) is 3.57. The van der Waals surface area contributed by atoms with Crippen LogP contribution in [0.5, 0.6) is 0 Å². The number of rotatable bonds is 2. The maximum Gasteiger partial charge on any atom is 0.0731 e. The largest absolute Gasteiger partial charge is 0.393 e. The van der Waals surface area contributed by atoms with Gasteiger partial charge >= 0.3 is 0 Å². The number of aliphatic hydroxyl groups is 1. The Labute approximate surface area is 115 Å². The Kier molecular flexibility index (Phi) is 3.87. The van der Waals surface area contributed by atoms with Crippen LogP contribution in [0.1, 0.15) is 31.2 Å². The zero-order chi connectivity index (χ0) is 13.1. The molecule has 0 amide bonds. The van der Waals surface area contributed by atoms with E-state index in [9.17, 15) is 5.11 Å². The third kappa shape index (κ3) is 3.16. The molecule has 1 aromatic rings. The minimum absolute atomic E-state index is 0.0369. The zero-order valence-corrected chi connectivity index (χ0v) is 11.4. The standard InChI is InChI=1S/C16H23NO2/c18-15-6-11-19-16(12-15)7-9-17(10-8-16)13-14-4-2-1-3-5-14/h1-5,15,18H,6-13H2/t15-/m0/s1. The quantitative estimate of drug-likeness (QED) is 0.886. The SMILES string of the molecule is O[C@H]1CCOC2(CCN(Cc3ccccc3)CC2)C1. The predicted octanol–water partition coefficient (Wildman–Crippen LogP) is 2.19. The second kappa shape index (κ2) is 5.61. The van der Waals surface area contributed by atoms with Gasteiger partial charge in [0.15, 0.2) is 0 Å². The van der Waals surface area contributed by atoms with E-state index in [-0.39, 0.29) is 11.7 Å². The first-order chi connectivity index (χ1) is 9.26. The maximum absolute atomic E-state index is 9.83. The summed E-state index contributed by atoms with van der Waals surface area (Å²) in [6, 6.07) is 10.6. The Morgan fingerprint density at radius 2 is 1.95 bits per heavy atom. The summed E-state index contributed by atoms with van der Waals surface area (Å²) >= 11 is 0. The second-order valence-corrected chi connectivity index (χ2v) is 5.94. The zero-order valence-electron chi connectivity index (χ0n) is 11.4. The molecule has 19 heavy (non-hydrogen) atoms. The van der Waals surface area contributed by atoms with Crippen molar-refractivity contribution < 1.29 is 9.84 Å². The highest BCUT2D eigenvalue weighted by molar-refractivity contribution is 5.14. The van der Waals surface area contributed by atoms with Crippen molar-refractivity contribution in [2.45, 2.75) is 43.9 Å². The topological polar surface area (TPSA) is 32.7 Å². The number of likely N-dealkylation sites (tertiary alicyclic amines) is 1. The number of hydrogen-bond donors (Lipinski definition) is 1. The fourth-order valence-electron chi connectivity index (χ4n) is 3.31. The molecule has 2 heterocycles. The van der Waals surface area contributed by atoms with E-state index in [1.54, 1.807) is 0 Å². The van der Waals surface area contributed by atoms with Crippen LogP contribution in [-0.4, -0.2) is 41.4 Å². The van der Waals surface area contributed by atoms with Crippen LogP contribution >= 0.6 is 0 Å². The minimum atomic E-state index is -0.158. The normalized spacial score (nSPS) is 27.5. The van der Waals surface area contributed by atoms with Gasteiger partial charge in [0.25, 0.3) is 0 Å². The van der Waals surface area contributed by atoms with Crippen LogP contribution in [0, 0.1) is 0 Å². The van der Waals surface area contributed by atoms with E-state index >= 15 is 0 Å². The van der Waals surface area contributed by atoms with Crippen LogP contribution in [0.3, 0.4) is 0 Å². The van der Waals surface area contributed by atoms with Gasteiger partial charge in [0.2, 0.25) is 0 Å². The number of ether oxygens (including phenoxy) is 1. The van der Waals surface area contributed by atoms with E-state index in [0.717, 1.165) is 51.9 Å². The van der Waals surface area contributed by atoms with Crippen LogP contribution in [-0.2, 0) is 11.3 Å². The van der Waals surface area contributed by atoms with Crippen molar-refractivity contribution in [2.24, 2.45) is 0 Å². The average molecular weight is 261 g/mol. The van der Waals surface area contributed by atoms with Crippen molar-refractivity contribution in [3.63, 3.8) is 0 Å². The van der Waals surface area contributed by atoms with Crippen molar-refractivity contribution >= 4 is 0 Å². The van der Waals surface area contributed by atoms with Gasteiger partial charge in [0.05, 0.1) is 11.7 Å². The highest BCUT2D eigenvalue weighted by atomic mass is 16.5. The van der Waals surface area contributed by atoms with E-state index in [1.807, 2.05) is 0 Å². The molecule has 0 saturated carbocycles. The molecule has 0 bridgehead atoms. The smallest absolute Gasteiger partial charge is 0.0731 e. The molecule has 1 N–H and O–H groups in total. The summed E-state index contributed by atoms with van der Waals surface area (Å²) in [7, 11) is 0. The lowest BCUT2D eigenvalue weighted by atomic mass is 9.83. The molecular weight excluding hydrogens is 238 g/mol. The first-order valence-corrected chi connectivity index (χ1v) is 7.34. The van der Waals surface area contributed by atoms with Crippen molar-refractivity contribution in [2.75, 3.05) is 19.7 Å². The lowest BCUT2D eigenvalue weighted by molar-refractivity contribution is -0.143. The van der Waals surface area contributed by atoms with Gasteiger partial charge in [-0.1, -0.05) is 30.3 Å². The number of aliphatic hydroxyl groups excluding tert-OH is 1. The Bertz CT molecular complexity index is 398. The lowest BCUT2D eigenvalue weighted by Gasteiger charge is -2.45. The minimum Gasteiger partial charge on any atom is -0.393 e. The first-order valence-electron chi connectivity index (χ1n) is 7.34. The van der Waals surface area contributed by atoms with Crippen molar-refractivity contribution in [3.05, 3.63) is 35.9 Å². The van der Waals surface area contributed by atoms with Crippen LogP contribution < -0.4 is 0 Å². The summed E-state index contributed by atoms with van der Waals surface area (Å²) < 4.78 is 5.99. The summed E-state index contributed by atoms with van der Waals surface area (Å²) in [6.45, 7) is 3.89. The molecule has 3 rings (SSSR count). The number of nitrogens with zero attached hydrogens (tertiary/aromatic N) is 1. The molecule has 104 valence electrons. The molecule has 0 radical (unpaired) electrons. The molecule has 2 fully saturated rings. The van der Waals surface area contributed by atoms with E-state index in [2.05, 4.69) is 35.2 Å². The molecule has 3 nitrogen and oxygen atoms in total. The molecular formula is C16H23NO2. The highest BCUT2D eigenvalue weighted by Crippen LogP contribution is 2.35. The van der Waals surface area contributed by atoms with Crippen LogP contribution in [0.25, 0.3) is 0 Å². The summed E-state index contributed by atoms with van der Waals surface area (Å²) in [5, 5.41) is 9.83. The van der Waals surface area contributed by atoms with Crippen LogP contribution in [0.4, 0.5) is 0 Å². The molecule has 1 aromatic carbocycles. The van der Waals surface area contributed by atoms with Crippen molar-refractivity contribution in [3.8, 4) is 0 Å². The monoisotopic (exact) mass is 261 g/mol. The summed E-state index contributed by atoms with van der Waals surface area (Å²) in [4.78, 5) is 2.49. The second-order valence-electron chi connectivity index (χ2n) is 5.94. The van der Waals surface area contributed by atoms with Gasteiger partial charge in [0.1, 0.15) is 0 Å². The van der Waals surface area contributed by atoms with E-state index in [4.69, 9.17) is 4.74 Å². The van der Waals surface area contributed by atoms with Crippen molar-refractivity contribution in [1.82, 2.24) is 4.90 Å². The highest BCUT2D eigenvalue weighted by Gasteiger charge is 2.39. The van der Waals surface area contributed by atoms with Crippen molar-refractivity contribution in [1.29, 1.82) is 0 Å². The first kappa shape index (κ1) is 13.1. The Hall–Kier alpha value is -0.900. The molecule has 2 aliphatic heterocycles. The Balaban J connectivity index is 1.54. The number of piperidine rings is 1. The van der Waals surface area contributed by atoms with Gasteiger partial charge in [0, 0.05) is 32.7 Å². The summed E-state index contributed by atoms with van der Waals surface area (Å²) in [5.41, 5.74) is 1.34. The maximum atomic E-state index is 9.83. The molecule has 1 atom stereocenters. The van der Waals surface area contributed by atoms with Crippen LogP contribution in [0.15, 0.2) is 30.3 Å². The van der Waals surface area contributed by atoms with E-state index in [1.165, 1.54) is 5.56 Å². The molecule has 1 spiro atoms. The van der Waals surface area contributed by atoms with Gasteiger partial charge in [-0.15, -0.1) is 0 Å². The third-order valence-corrected chi connectivity index (χ3v) is 4.48. The fourth-order valence-corrected chi connectivity index (χ4v) is 3.31. The molecule has 0 aliphatic carbocycles. The van der Waals surface area contributed by atoms with Gasteiger partial charge in [-0.2, -0.15) is 0 Å². The third-order valence-electron chi connectivity index (χ3n) is 4.48. The number of hydrogen-bond acceptors (Lipinski definition) is 3. The molecule has 0 unspecified atom stereocenters. The Morgan fingerprint density at radius 1 is 1.21 bits per heavy atom. The van der Waals surface area contributed by atoms with Gasteiger partial charge < -0.3 is 9.84 Å². The van der Waals surface area contributed by atoms with Crippen LogP contribution in [0.2, 0.25) is 0 Å². The Morgan fingerprint density at radius 3 is 2.63 bits per heavy atom. The van der Waals surface area contributed by atoms with E-state index < -0.39 is 0 Å². The fraction of sp³-hybridized carbons (Fsp3) is 0.625. The van der Waals surface area contributed by atoms with Gasteiger partial charge in [-0.05, 0) is 24.8 Å². The van der Waals surface area contributed by atoms with E-state index in [0.29, 0.717) is 0 Å². The van der Waals surface area contributed by atoms with Gasteiger partial charge in [-0.25, -0.2) is 0 Å². The lowest BCUT2D eigenvalue weighted by Crippen LogP contribution is -2.50.